The van der Waals surface area contributed by atoms with Gasteiger partial charge >= 0.3 is 0 Å². The van der Waals surface area contributed by atoms with E-state index in [-0.39, 0.29) is 29.6 Å². The number of aliphatic hydroxyl groups is 1. The first-order valence-electron chi connectivity index (χ1n) is 5.72. The molecule has 3 heteroatoms. The number of hydrogen-bond acceptors (Lipinski definition) is 1. The van der Waals surface area contributed by atoms with Gasteiger partial charge in [-0.2, -0.15) is 0 Å². The number of quaternary nitrogens is 1. The van der Waals surface area contributed by atoms with Crippen LogP contribution in [0.1, 0.15) is 12.5 Å². The van der Waals surface area contributed by atoms with E-state index < -0.39 is 0 Å². The molecule has 0 aliphatic carbocycles. The van der Waals surface area contributed by atoms with Gasteiger partial charge in [-0.1, -0.05) is 36.9 Å². The highest BCUT2D eigenvalue weighted by atomic mass is 79.9. The first-order chi connectivity index (χ1) is 7.62. The monoisotopic (exact) mass is 299 g/mol. The molecule has 0 radical (unpaired) electrons. The van der Waals surface area contributed by atoms with Crippen LogP contribution in [0, 0.1) is 0 Å². The maximum absolute atomic E-state index is 9.33. The molecule has 1 aromatic rings. The first-order valence-corrected chi connectivity index (χ1v) is 5.72. The molecule has 1 N–H and O–H groups in total. The topological polar surface area (TPSA) is 20.2 Å². The Balaban J connectivity index is 0.00000256. The molecule has 96 valence electrons. The lowest BCUT2D eigenvalue weighted by molar-refractivity contribution is -0.939. The van der Waals surface area contributed by atoms with Crippen LogP contribution in [0.5, 0.6) is 0 Å². The van der Waals surface area contributed by atoms with Crippen molar-refractivity contribution < 1.29 is 26.6 Å². The third-order valence-electron chi connectivity index (χ3n) is 3.26. The molecule has 0 aromatic heterocycles. The number of aliphatic hydroxyl groups excluding tert-OH is 1. The predicted molar refractivity (Wildman–Crippen MR) is 67.9 cm³/mol. The number of hydrogen-bond donors (Lipinski definition) is 1. The van der Waals surface area contributed by atoms with Crippen molar-refractivity contribution >= 4 is 0 Å². The van der Waals surface area contributed by atoms with E-state index in [2.05, 4.69) is 44.8 Å². The summed E-state index contributed by atoms with van der Waals surface area (Å²) in [5, 5.41) is 9.33. The van der Waals surface area contributed by atoms with E-state index in [0.29, 0.717) is 0 Å². The highest BCUT2D eigenvalue weighted by Gasteiger charge is 2.27. The maximum Gasteiger partial charge on any atom is 0.110 e. The Morgan fingerprint density at radius 2 is 1.94 bits per heavy atom. The number of halogens is 1. The number of nitrogens with zero attached hydrogens (tertiary/aromatic N) is 1. The predicted octanol–water partition coefficient (Wildman–Crippen LogP) is -0.796. The molecule has 1 aromatic carbocycles. The SMILES string of the molecule is C=CC[N+](C)(Cc1ccccc1)[C@@H](C)CO.[Br-]. The third kappa shape index (κ3) is 4.62. The molecule has 0 amide bonds. The van der Waals surface area contributed by atoms with E-state index in [4.69, 9.17) is 0 Å². The molecule has 0 spiro atoms. The number of likely N-dealkylation sites (N-methyl/N-ethyl adjacent to an activating group) is 1. The fourth-order valence-electron chi connectivity index (χ4n) is 1.89. The zero-order valence-corrected chi connectivity index (χ0v) is 12.2. The van der Waals surface area contributed by atoms with Gasteiger partial charge in [0.05, 0.1) is 20.2 Å². The zero-order valence-electron chi connectivity index (χ0n) is 10.6. The van der Waals surface area contributed by atoms with E-state index in [9.17, 15) is 5.11 Å². The average Bonchev–Trinajstić information content (AvgIpc) is 2.29. The van der Waals surface area contributed by atoms with Crippen molar-refractivity contribution in [2.24, 2.45) is 0 Å². The zero-order chi connectivity index (χ0) is 12.0. The summed E-state index contributed by atoms with van der Waals surface area (Å²) in [6.07, 6.45) is 1.93. The van der Waals surface area contributed by atoms with Gasteiger partial charge in [-0.15, -0.1) is 0 Å². The van der Waals surface area contributed by atoms with Gasteiger partial charge < -0.3 is 26.6 Å². The molecule has 1 unspecified atom stereocenters. The minimum atomic E-state index is 0. The van der Waals surface area contributed by atoms with Gasteiger partial charge in [-0.25, -0.2) is 0 Å². The second-order valence-corrected chi connectivity index (χ2v) is 4.63. The van der Waals surface area contributed by atoms with Crippen molar-refractivity contribution in [3.63, 3.8) is 0 Å². The Kier molecular flexibility index (Phi) is 7.35. The second kappa shape index (κ2) is 7.64. The third-order valence-corrected chi connectivity index (χ3v) is 3.26. The van der Waals surface area contributed by atoms with E-state index in [1.165, 1.54) is 5.56 Å². The van der Waals surface area contributed by atoms with Crippen LogP contribution in [0.15, 0.2) is 43.0 Å². The lowest BCUT2D eigenvalue weighted by atomic mass is 10.1. The standard InChI is InChI=1S/C14H22NO.BrH/c1-4-10-15(3,13(2)12-16)11-14-8-6-5-7-9-14;/h4-9,13,16H,1,10-12H2,2-3H3;1H/q+1;/p-1/t13-,15?;/m0./s1. The Labute approximate surface area is 115 Å². The van der Waals surface area contributed by atoms with Crippen molar-refractivity contribution in [1.82, 2.24) is 0 Å². The van der Waals surface area contributed by atoms with Crippen molar-refractivity contribution in [3.05, 3.63) is 48.6 Å². The molecule has 1 rings (SSSR count). The summed E-state index contributed by atoms with van der Waals surface area (Å²) in [4.78, 5) is 0. The summed E-state index contributed by atoms with van der Waals surface area (Å²) >= 11 is 0. The molecular formula is C14H22BrNO. The molecule has 0 aliphatic rings. The Bertz CT molecular complexity index is 328. The minimum Gasteiger partial charge on any atom is -1.00 e. The van der Waals surface area contributed by atoms with Crippen molar-refractivity contribution in [2.45, 2.75) is 19.5 Å². The normalized spacial score (nSPS) is 15.5. The fourth-order valence-corrected chi connectivity index (χ4v) is 1.89. The summed E-state index contributed by atoms with van der Waals surface area (Å²) in [5.41, 5.74) is 1.30. The molecule has 17 heavy (non-hydrogen) atoms. The lowest BCUT2D eigenvalue weighted by Crippen LogP contribution is -3.00. The lowest BCUT2D eigenvalue weighted by Gasteiger charge is -2.38. The molecule has 0 saturated carbocycles. The first kappa shape index (κ1) is 16.4. The number of rotatable bonds is 6. The molecular weight excluding hydrogens is 278 g/mol. The van der Waals surface area contributed by atoms with Crippen LogP contribution in [-0.2, 0) is 6.54 Å². The van der Waals surface area contributed by atoms with Gasteiger partial charge in [0.25, 0.3) is 0 Å². The summed E-state index contributed by atoms with van der Waals surface area (Å²) < 4.78 is 0.796. The molecule has 2 atom stereocenters. The largest absolute Gasteiger partial charge is 1.00 e. The summed E-state index contributed by atoms with van der Waals surface area (Å²) in [6.45, 7) is 7.88. The summed E-state index contributed by atoms with van der Waals surface area (Å²) in [6, 6.07) is 10.6. The summed E-state index contributed by atoms with van der Waals surface area (Å²) in [5.74, 6) is 0. The quantitative estimate of drug-likeness (QED) is 0.539. The highest BCUT2D eigenvalue weighted by molar-refractivity contribution is 5.13. The molecule has 0 saturated heterocycles. The molecule has 2 nitrogen and oxygen atoms in total. The molecule has 0 heterocycles. The molecule has 0 fully saturated rings. The van der Waals surface area contributed by atoms with Gasteiger partial charge in [0.1, 0.15) is 12.6 Å². The average molecular weight is 300 g/mol. The van der Waals surface area contributed by atoms with Crippen molar-refractivity contribution in [1.29, 1.82) is 0 Å². The Hall–Kier alpha value is -0.640. The van der Waals surface area contributed by atoms with E-state index in [0.717, 1.165) is 17.6 Å². The smallest absolute Gasteiger partial charge is 0.110 e. The van der Waals surface area contributed by atoms with Gasteiger partial charge in [0.2, 0.25) is 0 Å². The second-order valence-electron chi connectivity index (χ2n) is 4.63. The van der Waals surface area contributed by atoms with Crippen LogP contribution in [0.25, 0.3) is 0 Å². The van der Waals surface area contributed by atoms with Crippen molar-refractivity contribution in [3.8, 4) is 0 Å². The van der Waals surface area contributed by atoms with Gasteiger partial charge in [-0.05, 0) is 13.0 Å². The van der Waals surface area contributed by atoms with Crippen LogP contribution >= 0.6 is 0 Å². The van der Waals surface area contributed by atoms with E-state index in [1.54, 1.807) is 0 Å². The Morgan fingerprint density at radius 1 is 1.35 bits per heavy atom. The minimum absolute atomic E-state index is 0. The van der Waals surface area contributed by atoms with E-state index in [1.807, 2.05) is 12.1 Å². The van der Waals surface area contributed by atoms with Gasteiger partial charge in [0, 0.05) is 5.56 Å². The van der Waals surface area contributed by atoms with Gasteiger partial charge in [-0.3, -0.25) is 0 Å². The molecule has 0 bridgehead atoms. The van der Waals surface area contributed by atoms with E-state index >= 15 is 0 Å². The summed E-state index contributed by atoms with van der Waals surface area (Å²) in [7, 11) is 2.16. The van der Waals surface area contributed by atoms with Crippen LogP contribution in [0.4, 0.5) is 0 Å². The highest BCUT2D eigenvalue weighted by Crippen LogP contribution is 2.16. The van der Waals surface area contributed by atoms with Crippen molar-refractivity contribution in [2.75, 3.05) is 20.2 Å². The van der Waals surface area contributed by atoms with Crippen LogP contribution in [0.3, 0.4) is 0 Å². The molecule has 0 aliphatic heterocycles. The van der Waals surface area contributed by atoms with Crippen LogP contribution in [0.2, 0.25) is 0 Å². The van der Waals surface area contributed by atoms with Gasteiger partial charge in [0.15, 0.2) is 0 Å². The Morgan fingerprint density at radius 3 is 2.41 bits per heavy atom. The fraction of sp³-hybridized carbons (Fsp3) is 0.429. The maximum atomic E-state index is 9.33. The van der Waals surface area contributed by atoms with Crippen LogP contribution in [-0.4, -0.2) is 35.8 Å². The van der Waals surface area contributed by atoms with Crippen LogP contribution < -0.4 is 17.0 Å². The number of benzene rings is 1.